The Morgan fingerprint density at radius 3 is 1.27 bits per heavy atom. The highest BCUT2D eigenvalue weighted by atomic mass is 15.3. The Morgan fingerprint density at radius 1 is 0.319 bits per heavy atom. The highest BCUT2D eigenvalue weighted by molar-refractivity contribution is 7.00. The molecule has 0 aromatic heterocycles. The molecule has 2 aliphatic carbocycles. The summed E-state index contributed by atoms with van der Waals surface area (Å²) >= 11 is 0. The molecule has 0 N–H and O–H groups in total. The molecule has 15 rings (SSSR count). The fourth-order valence-corrected chi connectivity index (χ4v) is 17.6. The molecule has 0 radical (unpaired) electrons. The molecule has 1 fully saturated rings. The zero-order chi connectivity index (χ0) is 66.2. The van der Waals surface area contributed by atoms with Gasteiger partial charge in [0.05, 0.1) is 16.9 Å². The van der Waals surface area contributed by atoms with E-state index in [4.69, 9.17) is 0 Å². The summed E-state index contributed by atoms with van der Waals surface area (Å²) in [5.41, 5.74) is 32.5. The highest BCUT2D eigenvalue weighted by Crippen LogP contribution is 2.63. The zero-order valence-corrected chi connectivity index (χ0v) is 59.4. The molecule has 10 aromatic carbocycles. The summed E-state index contributed by atoms with van der Waals surface area (Å²) in [6, 6.07) is 81.9. The van der Waals surface area contributed by atoms with Crippen LogP contribution in [-0.4, -0.2) is 12.3 Å². The third kappa shape index (κ3) is 9.40. The number of hydrogen-bond acceptors (Lipinski definition) is 3. The second kappa shape index (κ2) is 21.1. The molecule has 0 saturated heterocycles. The van der Waals surface area contributed by atoms with Gasteiger partial charge in [0.25, 0.3) is 6.71 Å². The Balaban J connectivity index is 1.11. The van der Waals surface area contributed by atoms with Crippen molar-refractivity contribution in [2.24, 2.45) is 0 Å². The minimum atomic E-state index is -0.297. The van der Waals surface area contributed by atoms with E-state index >= 15 is 0 Å². The van der Waals surface area contributed by atoms with Crippen LogP contribution in [0.3, 0.4) is 0 Å². The molecule has 94 heavy (non-hydrogen) atoms. The molecule has 2 unspecified atom stereocenters. The van der Waals surface area contributed by atoms with Gasteiger partial charge in [0.15, 0.2) is 0 Å². The van der Waals surface area contributed by atoms with Gasteiger partial charge in [0, 0.05) is 61.5 Å². The number of hydrogen-bond donors (Lipinski definition) is 0. The third-order valence-corrected chi connectivity index (χ3v) is 23.5. The summed E-state index contributed by atoms with van der Waals surface area (Å²) in [5.74, 6) is 0. The molecule has 474 valence electrons. The second-order valence-electron chi connectivity index (χ2n) is 34.2. The smallest absolute Gasteiger partial charge is 0.252 e. The molecular formula is C90H96BN3. The standard InChI is InChI=1S/C90H96BN3/c1-83(2,3)61-38-35-57(36-39-61)60-37-43-77-72(49-60)89(17)47-27-28-48-90(89,18)94(77)65-53-80-82-81(54-65)93(76-45-41-63(85(7,8)9)51-67(76)59-31-23-20-24-32-59)79-56-71-70(87(13,14)68-33-25-26-34-69(68)88(71,15)16)55-74(79)91(82)73-52-64(86(10,11)12)42-46-78(73)92(80)75-44-40-62(84(4,5)6)50-66(75)58-29-21-19-22-30-58/h19-26,29-46,49-56H,27-28,47-48H2,1-18H3. The molecule has 4 heteroatoms. The van der Waals surface area contributed by atoms with Crippen LogP contribution >= 0.6 is 0 Å². The second-order valence-corrected chi connectivity index (χ2v) is 34.2. The molecule has 3 aliphatic heterocycles. The van der Waals surface area contributed by atoms with Gasteiger partial charge in [0.2, 0.25) is 0 Å². The number of anilines is 8. The zero-order valence-electron chi connectivity index (χ0n) is 59.4. The van der Waals surface area contributed by atoms with E-state index in [1.54, 1.807) is 0 Å². The van der Waals surface area contributed by atoms with Gasteiger partial charge in [-0.25, -0.2) is 0 Å². The first kappa shape index (κ1) is 61.8. The van der Waals surface area contributed by atoms with Crippen LogP contribution in [0.4, 0.5) is 45.5 Å². The van der Waals surface area contributed by atoms with Crippen LogP contribution in [0.2, 0.25) is 0 Å². The number of nitrogens with zero attached hydrogens (tertiary/aromatic N) is 3. The number of rotatable bonds is 6. The van der Waals surface area contributed by atoms with Gasteiger partial charge in [-0.15, -0.1) is 0 Å². The minimum Gasteiger partial charge on any atom is -0.334 e. The average Bonchev–Trinajstić information content (AvgIpc) is 1.09. The number of fused-ring (bicyclic) bond motifs is 9. The molecule has 5 aliphatic rings. The number of benzene rings is 10. The molecule has 1 saturated carbocycles. The van der Waals surface area contributed by atoms with Crippen LogP contribution in [0.1, 0.15) is 200 Å². The maximum Gasteiger partial charge on any atom is 0.252 e. The average molecular weight is 1230 g/mol. The van der Waals surface area contributed by atoms with Crippen LogP contribution in [0.5, 0.6) is 0 Å². The highest BCUT2D eigenvalue weighted by Gasteiger charge is 2.59. The molecule has 0 amide bonds. The summed E-state index contributed by atoms with van der Waals surface area (Å²) in [4.78, 5) is 8.36. The molecular weight excluding hydrogens is 1130 g/mol. The van der Waals surface area contributed by atoms with Crippen molar-refractivity contribution in [3.63, 3.8) is 0 Å². The molecule has 10 aromatic rings. The summed E-state index contributed by atoms with van der Waals surface area (Å²) in [5, 5.41) is 0. The van der Waals surface area contributed by atoms with Crippen LogP contribution in [0.25, 0.3) is 33.4 Å². The van der Waals surface area contributed by atoms with Crippen molar-refractivity contribution in [3.05, 3.63) is 256 Å². The summed E-state index contributed by atoms with van der Waals surface area (Å²) in [6.07, 6.45) is 4.58. The monoisotopic (exact) mass is 1230 g/mol. The lowest BCUT2D eigenvalue weighted by molar-refractivity contribution is 0.195. The van der Waals surface area contributed by atoms with Crippen molar-refractivity contribution in [3.8, 4) is 33.4 Å². The van der Waals surface area contributed by atoms with Crippen molar-refractivity contribution in [2.75, 3.05) is 14.7 Å². The van der Waals surface area contributed by atoms with E-state index < -0.39 is 0 Å². The summed E-state index contributed by atoms with van der Waals surface area (Å²) in [7, 11) is 0. The first-order chi connectivity index (χ1) is 44.4. The van der Waals surface area contributed by atoms with Gasteiger partial charge >= 0.3 is 0 Å². The van der Waals surface area contributed by atoms with Crippen molar-refractivity contribution in [1.82, 2.24) is 0 Å². The van der Waals surface area contributed by atoms with Gasteiger partial charge < -0.3 is 14.7 Å². The van der Waals surface area contributed by atoms with E-state index in [0.717, 1.165) is 12.8 Å². The lowest BCUT2D eigenvalue weighted by Gasteiger charge is -2.51. The van der Waals surface area contributed by atoms with Crippen LogP contribution in [0, 0.1) is 0 Å². The predicted molar refractivity (Wildman–Crippen MR) is 405 cm³/mol. The molecule has 3 heterocycles. The predicted octanol–water partition coefficient (Wildman–Crippen LogP) is 22.7. The van der Waals surface area contributed by atoms with Gasteiger partial charge in [-0.2, -0.15) is 0 Å². The Morgan fingerprint density at radius 2 is 0.745 bits per heavy atom. The SMILES string of the molecule is CC(C)(C)c1ccc(-c2ccc3c(c2)C2(C)CCCCC2(C)N3c2cc3c4c(c2)N(c2ccc(C(C)(C)C)cc2-c2ccccc2)c2cc5c(cc2B4c2cc(C(C)(C)C)ccc2N3c2ccc(C(C)(C)C)cc2-c2ccccc2)C(C)(C)c2ccccc2C5(C)C)cc1. The topological polar surface area (TPSA) is 9.72 Å². The van der Waals surface area contributed by atoms with Crippen LogP contribution < -0.4 is 31.1 Å². The maximum absolute atomic E-state index is 2.86. The maximum atomic E-state index is 2.86. The molecule has 0 bridgehead atoms. The van der Waals surface area contributed by atoms with Crippen molar-refractivity contribution < 1.29 is 0 Å². The fourth-order valence-electron chi connectivity index (χ4n) is 17.6. The van der Waals surface area contributed by atoms with E-state index in [1.165, 1.54) is 158 Å². The Hall–Kier alpha value is -8.34. The van der Waals surface area contributed by atoms with E-state index in [1.807, 2.05) is 0 Å². The van der Waals surface area contributed by atoms with E-state index in [0.29, 0.717) is 0 Å². The van der Waals surface area contributed by atoms with Crippen molar-refractivity contribution >= 4 is 68.6 Å². The van der Waals surface area contributed by atoms with E-state index in [2.05, 4.69) is 346 Å². The summed E-state index contributed by atoms with van der Waals surface area (Å²) in [6.45, 7) is 43.3. The van der Waals surface area contributed by atoms with E-state index in [9.17, 15) is 0 Å². The largest absolute Gasteiger partial charge is 0.334 e. The van der Waals surface area contributed by atoms with Crippen molar-refractivity contribution in [2.45, 2.75) is 194 Å². The van der Waals surface area contributed by atoms with Gasteiger partial charge in [-0.05, 0) is 191 Å². The summed E-state index contributed by atoms with van der Waals surface area (Å²) < 4.78 is 0. The Labute approximate surface area is 563 Å². The Kier molecular flexibility index (Phi) is 13.9. The first-order valence-electron chi connectivity index (χ1n) is 35.1. The first-order valence-corrected chi connectivity index (χ1v) is 35.1. The minimum absolute atomic E-state index is 0.0738. The van der Waals surface area contributed by atoms with Gasteiger partial charge in [-0.3, -0.25) is 0 Å². The normalized spacial score (nSPS) is 19.2. The molecule has 3 nitrogen and oxygen atoms in total. The quantitative estimate of drug-likeness (QED) is 0.154. The lowest BCUT2D eigenvalue weighted by atomic mass is 9.33. The van der Waals surface area contributed by atoms with Gasteiger partial charge in [0.1, 0.15) is 0 Å². The van der Waals surface area contributed by atoms with Crippen LogP contribution in [0.15, 0.2) is 206 Å². The fraction of sp³-hybridized carbons (Fsp3) is 0.333. The van der Waals surface area contributed by atoms with Crippen LogP contribution in [-0.2, 0) is 37.9 Å². The molecule has 0 spiro atoms. The van der Waals surface area contributed by atoms with Gasteiger partial charge in [-0.1, -0.05) is 276 Å². The lowest BCUT2D eigenvalue weighted by Crippen LogP contribution is -2.62. The third-order valence-electron chi connectivity index (χ3n) is 23.5. The van der Waals surface area contributed by atoms with E-state index in [-0.39, 0.29) is 50.2 Å². The van der Waals surface area contributed by atoms with Crippen molar-refractivity contribution in [1.29, 1.82) is 0 Å². The molecule has 2 atom stereocenters. The Bertz CT molecular complexity index is 4690.